The summed E-state index contributed by atoms with van der Waals surface area (Å²) in [5.41, 5.74) is 6.36. The number of hydrogen-bond donors (Lipinski definition) is 1. The Labute approximate surface area is 85.4 Å². The molecule has 1 aromatic carbocycles. The lowest BCUT2D eigenvalue weighted by Gasteiger charge is -2.05. The summed E-state index contributed by atoms with van der Waals surface area (Å²) < 4.78 is 5.52. The van der Waals surface area contributed by atoms with Gasteiger partial charge in [0, 0.05) is 11.8 Å². The molecule has 0 atom stereocenters. The minimum absolute atomic E-state index is 0.744. The molecule has 0 radical (unpaired) electrons. The number of ether oxygens (including phenoxy) is 1. The van der Waals surface area contributed by atoms with Crippen LogP contribution in [0, 0.1) is 0 Å². The number of unbranched alkanes of at least 4 members (excludes halogenated alkanes) is 2. The molecule has 0 aromatic heterocycles. The first-order chi connectivity index (χ1) is 6.83. The Balaban J connectivity index is 2.21. The first-order valence-electron chi connectivity index (χ1n) is 4.92. The fourth-order valence-corrected chi connectivity index (χ4v) is 1.19. The molecule has 2 N–H and O–H groups in total. The van der Waals surface area contributed by atoms with E-state index in [1.165, 1.54) is 0 Å². The molecule has 2 heteroatoms. The molecule has 0 bridgehead atoms. The van der Waals surface area contributed by atoms with Crippen molar-refractivity contribution >= 4 is 5.69 Å². The molecule has 0 fully saturated rings. The second kappa shape index (κ2) is 6.08. The Morgan fingerprint density at radius 2 is 2.21 bits per heavy atom. The van der Waals surface area contributed by atoms with E-state index in [0.29, 0.717) is 0 Å². The van der Waals surface area contributed by atoms with Crippen LogP contribution in [-0.2, 0) is 0 Å². The van der Waals surface area contributed by atoms with E-state index in [2.05, 4.69) is 6.58 Å². The summed E-state index contributed by atoms with van der Waals surface area (Å²) in [4.78, 5) is 0. The van der Waals surface area contributed by atoms with E-state index >= 15 is 0 Å². The minimum atomic E-state index is 0.744. The number of allylic oxidation sites excluding steroid dienone is 1. The second-order valence-electron chi connectivity index (χ2n) is 3.21. The van der Waals surface area contributed by atoms with E-state index in [1.807, 2.05) is 30.3 Å². The third-order valence-corrected chi connectivity index (χ3v) is 1.93. The van der Waals surface area contributed by atoms with Crippen molar-refractivity contribution in [1.82, 2.24) is 0 Å². The van der Waals surface area contributed by atoms with Gasteiger partial charge in [-0.2, -0.15) is 0 Å². The molecule has 2 nitrogen and oxygen atoms in total. The van der Waals surface area contributed by atoms with Crippen molar-refractivity contribution < 1.29 is 4.74 Å². The lowest BCUT2D eigenvalue weighted by molar-refractivity contribution is 0.307. The van der Waals surface area contributed by atoms with Crippen LogP contribution in [0.15, 0.2) is 36.9 Å². The number of anilines is 1. The maximum absolute atomic E-state index is 5.62. The molecule has 76 valence electrons. The molecule has 1 aromatic rings. The van der Waals surface area contributed by atoms with Gasteiger partial charge in [0.1, 0.15) is 5.75 Å². The SMILES string of the molecule is C=CCCCCOc1cccc(N)c1. The molecule has 0 saturated carbocycles. The quantitative estimate of drug-likeness (QED) is 0.426. The fraction of sp³-hybridized carbons (Fsp3) is 0.333. The largest absolute Gasteiger partial charge is 0.494 e. The van der Waals surface area contributed by atoms with Gasteiger partial charge in [-0.3, -0.25) is 0 Å². The third kappa shape index (κ3) is 3.99. The van der Waals surface area contributed by atoms with Crippen molar-refractivity contribution in [3.8, 4) is 5.75 Å². The number of nitrogen functional groups attached to an aromatic ring is 1. The van der Waals surface area contributed by atoms with Crippen LogP contribution >= 0.6 is 0 Å². The van der Waals surface area contributed by atoms with Crippen LogP contribution in [0.2, 0.25) is 0 Å². The van der Waals surface area contributed by atoms with Gasteiger partial charge in [0.2, 0.25) is 0 Å². The average Bonchev–Trinajstić information content (AvgIpc) is 2.18. The van der Waals surface area contributed by atoms with Crippen LogP contribution in [-0.4, -0.2) is 6.61 Å². The molecule has 0 aliphatic heterocycles. The molecule has 0 unspecified atom stereocenters. The van der Waals surface area contributed by atoms with Gasteiger partial charge in [-0.05, 0) is 31.4 Å². The fourth-order valence-electron chi connectivity index (χ4n) is 1.19. The van der Waals surface area contributed by atoms with Crippen LogP contribution < -0.4 is 10.5 Å². The maximum Gasteiger partial charge on any atom is 0.121 e. The molecule has 0 heterocycles. The van der Waals surface area contributed by atoms with Gasteiger partial charge in [-0.15, -0.1) is 6.58 Å². The zero-order valence-electron chi connectivity index (χ0n) is 8.41. The Morgan fingerprint density at radius 1 is 1.36 bits per heavy atom. The molecular formula is C12H17NO. The number of nitrogens with two attached hydrogens (primary N) is 1. The van der Waals surface area contributed by atoms with E-state index < -0.39 is 0 Å². The molecular weight excluding hydrogens is 174 g/mol. The van der Waals surface area contributed by atoms with Gasteiger partial charge in [0.15, 0.2) is 0 Å². The zero-order valence-corrected chi connectivity index (χ0v) is 8.41. The standard InChI is InChI=1S/C12H17NO/c1-2-3-4-5-9-14-12-8-6-7-11(13)10-12/h2,6-8,10H,1,3-5,9,13H2. The highest BCUT2D eigenvalue weighted by atomic mass is 16.5. The second-order valence-corrected chi connectivity index (χ2v) is 3.21. The van der Waals surface area contributed by atoms with Crippen molar-refractivity contribution in [2.45, 2.75) is 19.3 Å². The third-order valence-electron chi connectivity index (χ3n) is 1.93. The van der Waals surface area contributed by atoms with Crippen LogP contribution in [0.5, 0.6) is 5.75 Å². The highest BCUT2D eigenvalue weighted by Gasteiger charge is 1.93. The number of hydrogen-bond acceptors (Lipinski definition) is 2. The van der Waals surface area contributed by atoms with Crippen LogP contribution in [0.4, 0.5) is 5.69 Å². The summed E-state index contributed by atoms with van der Waals surface area (Å²) in [6, 6.07) is 7.51. The average molecular weight is 191 g/mol. The summed E-state index contributed by atoms with van der Waals surface area (Å²) in [5.74, 6) is 0.851. The molecule has 0 spiro atoms. The predicted octanol–water partition coefficient (Wildman–Crippen LogP) is 3.00. The molecule has 0 saturated heterocycles. The van der Waals surface area contributed by atoms with E-state index in [-0.39, 0.29) is 0 Å². The van der Waals surface area contributed by atoms with Gasteiger partial charge < -0.3 is 10.5 Å². The lowest BCUT2D eigenvalue weighted by atomic mass is 10.2. The van der Waals surface area contributed by atoms with Crippen molar-refractivity contribution in [3.05, 3.63) is 36.9 Å². The van der Waals surface area contributed by atoms with Gasteiger partial charge in [0.05, 0.1) is 6.61 Å². The Morgan fingerprint density at radius 3 is 2.93 bits per heavy atom. The van der Waals surface area contributed by atoms with Crippen molar-refractivity contribution in [2.24, 2.45) is 0 Å². The van der Waals surface area contributed by atoms with Crippen LogP contribution in [0.3, 0.4) is 0 Å². The molecule has 14 heavy (non-hydrogen) atoms. The molecule has 0 amide bonds. The molecule has 1 rings (SSSR count). The van der Waals surface area contributed by atoms with Crippen molar-refractivity contribution in [2.75, 3.05) is 12.3 Å². The summed E-state index contributed by atoms with van der Waals surface area (Å²) in [5, 5.41) is 0. The van der Waals surface area contributed by atoms with Gasteiger partial charge >= 0.3 is 0 Å². The van der Waals surface area contributed by atoms with E-state index in [4.69, 9.17) is 10.5 Å². The van der Waals surface area contributed by atoms with E-state index in [0.717, 1.165) is 37.3 Å². The first-order valence-corrected chi connectivity index (χ1v) is 4.92. The van der Waals surface area contributed by atoms with Crippen molar-refractivity contribution in [1.29, 1.82) is 0 Å². The normalized spacial score (nSPS) is 9.71. The van der Waals surface area contributed by atoms with Gasteiger partial charge in [0.25, 0.3) is 0 Å². The van der Waals surface area contributed by atoms with E-state index in [1.54, 1.807) is 0 Å². The lowest BCUT2D eigenvalue weighted by Crippen LogP contribution is -1.97. The van der Waals surface area contributed by atoms with Crippen LogP contribution in [0.25, 0.3) is 0 Å². The van der Waals surface area contributed by atoms with Gasteiger partial charge in [-0.1, -0.05) is 12.1 Å². The Kier molecular flexibility index (Phi) is 4.62. The smallest absolute Gasteiger partial charge is 0.121 e. The number of rotatable bonds is 6. The zero-order chi connectivity index (χ0) is 10.2. The maximum atomic E-state index is 5.62. The molecule has 0 aliphatic rings. The Hall–Kier alpha value is -1.44. The monoisotopic (exact) mass is 191 g/mol. The highest BCUT2D eigenvalue weighted by Crippen LogP contribution is 2.14. The summed E-state index contributed by atoms with van der Waals surface area (Å²) in [6.07, 6.45) is 5.17. The predicted molar refractivity (Wildman–Crippen MR) is 60.4 cm³/mol. The van der Waals surface area contributed by atoms with Crippen molar-refractivity contribution in [3.63, 3.8) is 0 Å². The van der Waals surface area contributed by atoms with Gasteiger partial charge in [-0.25, -0.2) is 0 Å². The topological polar surface area (TPSA) is 35.2 Å². The van der Waals surface area contributed by atoms with Crippen LogP contribution in [0.1, 0.15) is 19.3 Å². The minimum Gasteiger partial charge on any atom is -0.494 e. The van der Waals surface area contributed by atoms with E-state index in [9.17, 15) is 0 Å². The summed E-state index contributed by atoms with van der Waals surface area (Å²) in [7, 11) is 0. The number of benzene rings is 1. The summed E-state index contributed by atoms with van der Waals surface area (Å²) >= 11 is 0. The summed E-state index contributed by atoms with van der Waals surface area (Å²) in [6.45, 7) is 4.42. The highest BCUT2D eigenvalue weighted by molar-refractivity contribution is 5.43. The Bertz CT molecular complexity index is 283. The first kappa shape index (κ1) is 10.6. The molecule has 0 aliphatic carbocycles.